The van der Waals surface area contributed by atoms with Crippen LogP contribution in [0.25, 0.3) is 0 Å². The highest BCUT2D eigenvalue weighted by atomic mass is 16.4. The van der Waals surface area contributed by atoms with Crippen molar-refractivity contribution in [2.24, 2.45) is 23.2 Å². The van der Waals surface area contributed by atoms with Gasteiger partial charge in [0, 0.05) is 25.4 Å². The van der Waals surface area contributed by atoms with E-state index in [0.29, 0.717) is 18.8 Å². The van der Waals surface area contributed by atoms with E-state index in [1.54, 1.807) is 6.92 Å². The van der Waals surface area contributed by atoms with Crippen molar-refractivity contribution in [3.8, 4) is 11.8 Å². The molecule has 32 heavy (non-hydrogen) atoms. The fraction of sp³-hybridized carbons (Fsp3) is 0.741. The number of unbranched alkanes of at least 4 members (excludes halogenated alkanes) is 3. The molecule has 0 saturated heterocycles. The summed E-state index contributed by atoms with van der Waals surface area (Å²) in [4.78, 5) is 10.8. The Balaban J connectivity index is 2.11. The summed E-state index contributed by atoms with van der Waals surface area (Å²) in [6.45, 7) is 4.01. The minimum absolute atomic E-state index is 0.0249. The Morgan fingerprint density at radius 3 is 2.75 bits per heavy atom. The summed E-state index contributed by atoms with van der Waals surface area (Å²) >= 11 is 0. The summed E-state index contributed by atoms with van der Waals surface area (Å²) in [6, 6.07) is 0. The molecule has 2 aliphatic rings. The molecule has 2 saturated carbocycles. The predicted octanol–water partition coefficient (Wildman–Crippen LogP) is 4.46. The van der Waals surface area contributed by atoms with Gasteiger partial charge in [0.15, 0.2) is 0 Å². The number of allylic oxidation sites excluding steroid dienone is 2. The molecule has 0 heterocycles. The van der Waals surface area contributed by atoms with Crippen LogP contribution in [0.5, 0.6) is 0 Å². The first-order chi connectivity index (χ1) is 15.3. The third-order valence-corrected chi connectivity index (χ3v) is 7.45. The molecule has 0 amide bonds. The molecule has 5 heteroatoms. The summed E-state index contributed by atoms with van der Waals surface area (Å²) in [6.07, 6.45) is 14.0. The highest BCUT2D eigenvalue weighted by molar-refractivity contribution is 5.66. The minimum atomic E-state index is -0.752. The van der Waals surface area contributed by atoms with Gasteiger partial charge in [0.25, 0.3) is 0 Å². The molecule has 0 aromatic rings. The van der Waals surface area contributed by atoms with Crippen molar-refractivity contribution in [2.75, 3.05) is 6.61 Å². The second kappa shape index (κ2) is 13.2. The zero-order valence-electron chi connectivity index (χ0n) is 19.8. The maximum absolute atomic E-state index is 10.9. The van der Waals surface area contributed by atoms with E-state index >= 15 is 0 Å². The van der Waals surface area contributed by atoms with Gasteiger partial charge in [-0.3, -0.25) is 4.79 Å². The Labute approximate surface area is 193 Å². The third-order valence-electron chi connectivity index (χ3n) is 7.45. The van der Waals surface area contributed by atoms with Gasteiger partial charge in [-0.2, -0.15) is 0 Å². The summed E-state index contributed by atoms with van der Waals surface area (Å²) in [7, 11) is 0. The van der Waals surface area contributed by atoms with E-state index in [-0.39, 0.29) is 30.3 Å². The Bertz CT molecular complexity index is 715. The van der Waals surface area contributed by atoms with Crippen molar-refractivity contribution >= 4 is 5.97 Å². The molecule has 2 rings (SSSR count). The number of hydrogen-bond acceptors (Lipinski definition) is 4. The SMILES string of the molecule is CC#CCC(C)[C@H](O)/C=C/[C@H]1[C@H](O)C[C@]2(CCCCCO)C/C(=C/CCCC(=O)O)C[C@H]12. The quantitative estimate of drug-likeness (QED) is 0.190. The van der Waals surface area contributed by atoms with Crippen LogP contribution in [0.3, 0.4) is 0 Å². The maximum Gasteiger partial charge on any atom is 0.303 e. The van der Waals surface area contributed by atoms with E-state index < -0.39 is 18.2 Å². The van der Waals surface area contributed by atoms with Crippen LogP contribution in [0.2, 0.25) is 0 Å². The minimum Gasteiger partial charge on any atom is -0.481 e. The van der Waals surface area contributed by atoms with E-state index in [0.717, 1.165) is 51.4 Å². The van der Waals surface area contributed by atoms with Crippen LogP contribution in [0.15, 0.2) is 23.8 Å². The van der Waals surface area contributed by atoms with Gasteiger partial charge < -0.3 is 20.4 Å². The molecule has 0 bridgehead atoms. The van der Waals surface area contributed by atoms with Crippen molar-refractivity contribution in [3.63, 3.8) is 0 Å². The lowest BCUT2D eigenvalue weighted by Gasteiger charge is -2.30. The molecular formula is C27H42O5. The number of fused-ring (bicyclic) bond motifs is 1. The second-order valence-electron chi connectivity index (χ2n) is 9.86. The normalized spacial score (nSPS) is 30.3. The van der Waals surface area contributed by atoms with Crippen LogP contribution in [0, 0.1) is 35.0 Å². The number of rotatable bonds is 13. The molecule has 4 N–H and O–H groups in total. The van der Waals surface area contributed by atoms with E-state index in [9.17, 15) is 15.0 Å². The molecule has 0 aliphatic heterocycles. The number of aliphatic carboxylic acids is 1. The van der Waals surface area contributed by atoms with Gasteiger partial charge in [-0.1, -0.05) is 43.6 Å². The summed E-state index contributed by atoms with van der Waals surface area (Å²) < 4.78 is 0. The van der Waals surface area contributed by atoms with Crippen LogP contribution < -0.4 is 0 Å². The number of aliphatic hydroxyl groups is 3. The molecular weight excluding hydrogens is 404 g/mol. The van der Waals surface area contributed by atoms with Gasteiger partial charge >= 0.3 is 5.97 Å². The van der Waals surface area contributed by atoms with Crippen molar-refractivity contribution in [1.82, 2.24) is 0 Å². The Morgan fingerprint density at radius 2 is 2.06 bits per heavy atom. The summed E-state index contributed by atoms with van der Waals surface area (Å²) in [5, 5.41) is 39.4. The van der Waals surface area contributed by atoms with Crippen LogP contribution >= 0.6 is 0 Å². The Hall–Kier alpha value is -1.61. The van der Waals surface area contributed by atoms with E-state index in [2.05, 4.69) is 17.9 Å². The van der Waals surface area contributed by atoms with Gasteiger partial charge in [0.05, 0.1) is 12.2 Å². The topological polar surface area (TPSA) is 98.0 Å². The molecule has 0 radical (unpaired) electrons. The van der Waals surface area contributed by atoms with Crippen LogP contribution in [0.4, 0.5) is 0 Å². The lowest BCUT2D eigenvalue weighted by Crippen LogP contribution is -2.23. The van der Waals surface area contributed by atoms with Gasteiger partial charge in [-0.05, 0) is 69.1 Å². The van der Waals surface area contributed by atoms with E-state index in [4.69, 9.17) is 10.2 Å². The highest BCUT2D eigenvalue weighted by Crippen LogP contribution is 2.61. The Morgan fingerprint density at radius 1 is 1.28 bits per heavy atom. The van der Waals surface area contributed by atoms with Gasteiger partial charge in [-0.15, -0.1) is 11.8 Å². The smallest absolute Gasteiger partial charge is 0.303 e. The lowest BCUT2D eigenvalue weighted by atomic mass is 9.74. The number of carbonyl (C=O) groups is 1. The molecule has 6 atom stereocenters. The van der Waals surface area contributed by atoms with Gasteiger partial charge in [-0.25, -0.2) is 0 Å². The first-order valence-corrected chi connectivity index (χ1v) is 12.3. The van der Waals surface area contributed by atoms with Gasteiger partial charge in [0.2, 0.25) is 0 Å². The van der Waals surface area contributed by atoms with Crippen LogP contribution in [-0.2, 0) is 4.79 Å². The summed E-state index contributed by atoms with van der Waals surface area (Å²) in [5.74, 6) is 5.56. The number of hydrogen-bond donors (Lipinski definition) is 4. The maximum atomic E-state index is 10.9. The molecule has 2 fully saturated rings. The second-order valence-corrected chi connectivity index (χ2v) is 9.86. The van der Waals surface area contributed by atoms with Crippen molar-refractivity contribution in [3.05, 3.63) is 23.8 Å². The average Bonchev–Trinajstić information content (AvgIpc) is 3.22. The van der Waals surface area contributed by atoms with Crippen LogP contribution in [0.1, 0.15) is 84.5 Å². The standard InChI is InChI=1S/C27H42O5/c1-3-4-10-20(2)24(29)14-13-22-23-17-21(11-6-7-12-26(31)32)18-27(23,19-25(22)30)15-8-5-9-16-28/h11,13-14,20,22-25,28-30H,5-10,12,15-19H2,1-2H3,(H,31,32)/b14-13+,21-11+/t20?,22-,23-,24-,25-,27+/m1/s1. The highest BCUT2D eigenvalue weighted by Gasteiger charge is 2.55. The molecule has 180 valence electrons. The lowest BCUT2D eigenvalue weighted by molar-refractivity contribution is -0.137. The zero-order chi connectivity index (χ0) is 23.6. The first-order valence-electron chi connectivity index (χ1n) is 12.3. The van der Waals surface area contributed by atoms with Crippen molar-refractivity contribution < 1.29 is 25.2 Å². The number of aliphatic hydroxyl groups excluding tert-OH is 3. The van der Waals surface area contributed by atoms with Crippen LogP contribution in [-0.4, -0.2) is 45.2 Å². The first kappa shape index (κ1) is 26.6. The van der Waals surface area contributed by atoms with Gasteiger partial charge in [0.1, 0.15) is 0 Å². The van der Waals surface area contributed by atoms with E-state index in [1.165, 1.54) is 5.57 Å². The average molecular weight is 447 g/mol. The summed E-state index contributed by atoms with van der Waals surface area (Å²) in [5.41, 5.74) is 1.45. The fourth-order valence-electron chi connectivity index (χ4n) is 5.68. The predicted molar refractivity (Wildman–Crippen MR) is 127 cm³/mol. The molecule has 1 unspecified atom stereocenters. The largest absolute Gasteiger partial charge is 0.481 e. The number of carboxylic acid groups (broad SMARTS) is 1. The molecule has 5 nitrogen and oxygen atoms in total. The van der Waals surface area contributed by atoms with Crippen molar-refractivity contribution in [2.45, 2.75) is 96.7 Å². The molecule has 0 aromatic carbocycles. The third kappa shape index (κ3) is 7.47. The molecule has 0 spiro atoms. The molecule has 0 aromatic heterocycles. The Kier molecular flexibility index (Phi) is 11.0. The fourth-order valence-corrected chi connectivity index (χ4v) is 5.68. The van der Waals surface area contributed by atoms with E-state index in [1.807, 2.05) is 19.1 Å². The zero-order valence-corrected chi connectivity index (χ0v) is 19.8. The molecule has 2 aliphatic carbocycles. The monoisotopic (exact) mass is 446 g/mol. The van der Waals surface area contributed by atoms with Crippen molar-refractivity contribution in [1.29, 1.82) is 0 Å². The number of carboxylic acids is 1.